The number of aromatic nitrogens is 2. The molecule has 7 nitrogen and oxygen atoms in total. The fourth-order valence-corrected chi connectivity index (χ4v) is 4.95. The SMILES string of the molecule is Cc1c(Cl)cccc1NC(=O)CSc1nc2c(oc3ccccc32)c(=O)n1C[C@@H]1CCCO1. The lowest BCUT2D eigenvalue weighted by atomic mass is 10.2. The van der Waals surface area contributed by atoms with E-state index in [9.17, 15) is 9.59 Å². The van der Waals surface area contributed by atoms with E-state index in [-0.39, 0.29) is 28.9 Å². The van der Waals surface area contributed by atoms with E-state index in [0.717, 1.165) is 23.8 Å². The molecule has 0 unspecified atom stereocenters. The van der Waals surface area contributed by atoms with Gasteiger partial charge in [0.15, 0.2) is 5.16 Å². The lowest BCUT2D eigenvalue weighted by Gasteiger charge is -2.15. The van der Waals surface area contributed by atoms with E-state index in [1.54, 1.807) is 22.8 Å². The van der Waals surface area contributed by atoms with Crippen LogP contribution in [-0.2, 0) is 16.1 Å². The molecule has 0 aliphatic carbocycles. The highest BCUT2D eigenvalue weighted by Crippen LogP contribution is 2.28. The van der Waals surface area contributed by atoms with Crippen molar-refractivity contribution in [3.63, 3.8) is 0 Å². The van der Waals surface area contributed by atoms with Gasteiger partial charge in [-0.15, -0.1) is 0 Å². The van der Waals surface area contributed by atoms with Crippen LogP contribution in [0.1, 0.15) is 18.4 Å². The molecule has 1 fully saturated rings. The summed E-state index contributed by atoms with van der Waals surface area (Å²) >= 11 is 7.37. The molecular formula is C24H22ClN3O4S. The number of hydrogen-bond donors (Lipinski definition) is 1. The number of carbonyl (C=O) groups is 1. The zero-order valence-electron chi connectivity index (χ0n) is 18.0. The number of halogens is 1. The summed E-state index contributed by atoms with van der Waals surface area (Å²) in [5.41, 5.74) is 2.54. The Morgan fingerprint density at radius 3 is 2.94 bits per heavy atom. The van der Waals surface area contributed by atoms with Crippen molar-refractivity contribution >= 4 is 57.0 Å². The summed E-state index contributed by atoms with van der Waals surface area (Å²) in [6.45, 7) is 2.91. The van der Waals surface area contributed by atoms with Crippen molar-refractivity contribution in [2.75, 3.05) is 17.7 Å². The summed E-state index contributed by atoms with van der Waals surface area (Å²) < 4.78 is 13.2. The summed E-state index contributed by atoms with van der Waals surface area (Å²) in [7, 11) is 0. The molecule has 1 amide bonds. The van der Waals surface area contributed by atoms with Gasteiger partial charge < -0.3 is 14.5 Å². The van der Waals surface area contributed by atoms with Crippen molar-refractivity contribution in [1.29, 1.82) is 0 Å². The van der Waals surface area contributed by atoms with Gasteiger partial charge >= 0.3 is 0 Å². The molecule has 3 heterocycles. The largest absolute Gasteiger partial charge is 0.448 e. The van der Waals surface area contributed by atoms with Gasteiger partial charge in [-0.2, -0.15) is 0 Å². The maximum Gasteiger partial charge on any atom is 0.297 e. The lowest BCUT2D eigenvalue weighted by molar-refractivity contribution is -0.113. The third-order valence-corrected chi connectivity index (χ3v) is 7.12. The van der Waals surface area contributed by atoms with Gasteiger partial charge in [-0.05, 0) is 49.6 Å². The predicted octanol–water partition coefficient (Wildman–Crippen LogP) is 5.01. The Balaban J connectivity index is 1.47. The van der Waals surface area contributed by atoms with E-state index in [0.29, 0.717) is 40.1 Å². The molecule has 1 N–H and O–H groups in total. The second-order valence-corrected chi connectivity index (χ2v) is 9.32. The maximum absolute atomic E-state index is 13.4. The minimum absolute atomic E-state index is 0.0615. The highest BCUT2D eigenvalue weighted by Gasteiger charge is 2.23. The van der Waals surface area contributed by atoms with E-state index in [1.165, 1.54) is 11.8 Å². The Labute approximate surface area is 199 Å². The Morgan fingerprint density at radius 1 is 1.27 bits per heavy atom. The van der Waals surface area contributed by atoms with E-state index < -0.39 is 0 Å². The minimum Gasteiger partial charge on any atom is -0.448 e. The fraction of sp³-hybridized carbons (Fsp3) is 0.292. The van der Waals surface area contributed by atoms with Crippen molar-refractivity contribution in [2.24, 2.45) is 0 Å². The van der Waals surface area contributed by atoms with Crippen molar-refractivity contribution in [3.05, 3.63) is 63.4 Å². The van der Waals surface area contributed by atoms with Crippen LogP contribution in [0.15, 0.2) is 56.8 Å². The topological polar surface area (TPSA) is 86.4 Å². The normalized spacial score (nSPS) is 16.0. The summed E-state index contributed by atoms with van der Waals surface area (Å²) in [6, 6.07) is 12.8. The highest BCUT2D eigenvalue weighted by molar-refractivity contribution is 7.99. The van der Waals surface area contributed by atoms with Crippen LogP contribution < -0.4 is 10.9 Å². The number of furan rings is 1. The summed E-state index contributed by atoms with van der Waals surface area (Å²) in [4.78, 5) is 30.8. The van der Waals surface area contributed by atoms with Crippen LogP contribution in [0, 0.1) is 6.92 Å². The number of anilines is 1. The standard InChI is InChI=1S/C24H22ClN3O4S/c1-14-17(25)8-4-9-18(14)26-20(29)13-33-24-27-21-16-7-2-3-10-19(16)32-22(21)23(30)28(24)12-15-6-5-11-31-15/h2-4,7-10,15H,5-6,11-13H2,1H3,(H,26,29)/t15-/m0/s1. The minimum atomic E-state index is -0.264. The van der Waals surface area contributed by atoms with E-state index in [1.807, 2.05) is 31.2 Å². The number of rotatable bonds is 6. The Kier molecular flexibility index (Phi) is 6.14. The number of ether oxygens (including phenoxy) is 1. The quantitative estimate of drug-likeness (QED) is 0.306. The first-order chi connectivity index (χ1) is 16.0. The Morgan fingerprint density at radius 2 is 2.12 bits per heavy atom. The number of nitrogens with zero attached hydrogens (tertiary/aromatic N) is 2. The van der Waals surface area contributed by atoms with Gasteiger partial charge in [0.25, 0.3) is 5.56 Å². The van der Waals surface area contributed by atoms with Crippen LogP contribution in [0.3, 0.4) is 0 Å². The smallest absolute Gasteiger partial charge is 0.297 e. The molecule has 2 aromatic carbocycles. The van der Waals surface area contributed by atoms with Gasteiger partial charge in [-0.3, -0.25) is 14.2 Å². The van der Waals surface area contributed by atoms with Crippen molar-refractivity contribution in [1.82, 2.24) is 9.55 Å². The molecule has 0 radical (unpaired) electrons. The van der Waals surface area contributed by atoms with E-state index >= 15 is 0 Å². The van der Waals surface area contributed by atoms with Gasteiger partial charge in [0.05, 0.1) is 18.4 Å². The highest BCUT2D eigenvalue weighted by atomic mass is 35.5. The number of nitrogens with one attached hydrogen (secondary N) is 1. The van der Waals surface area contributed by atoms with Crippen LogP contribution in [0.4, 0.5) is 5.69 Å². The van der Waals surface area contributed by atoms with Crippen LogP contribution in [0.5, 0.6) is 0 Å². The molecule has 5 rings (SSSR count). The summed E-state index contributed by atoms with van der Waals surface area (Å²) in [6.07, 6.45) is 1.78. The third-order valence-electron chi connectivity index (χ3n) is 5.73. The zero-order chi connectivity index (χ0) is 22.9. The first-order valence-corrected chi connectivity index (χ1v) is 12.1. The molecule has 9 heteroatoms. The van der Waals surface area contributed by atoms with Gasteiger partial charge in [-0.1, -0.05) is 41.6 Å². The molecule has 1 atom stereocenters. The molecule has 0 spiro atoms. The molecule has 33 heavy (non-hydrogen) atoms. The molecule has 1 saturated heterocycles. The van der Waals surface area contributed by atoms with Crippen LogP contribution in [0.2, 0.25) is 5.02 Å². The number of amides is 1. The number of para-hydroxylation sites is 1. The van der Waals surface area contributed by atoms with E-state index in [2.05, 4.69) is 5.32 Å². The van der Waals surface area contributed by atoms with Crippen LogP contribution in [-0.4, -0.2) is 33.9 Å². The Hall–Kier alpha value is -2.81. The average molecular weight is 484 g/mol. The number of benzene rings is 2. The number of carbonyl (C=O) groups excluding carboxylic acids is 1. The predicted molar refractivity (Wildman–Crippen MR) is 130 cm³/mol. The molecule has 0 saturated carbocycles. The second kappa shape index (κ2) is 9.21. The summed E-state index contributed by atoms with van der Waals surface area (Å²) in [5, 5.41) is 4.71. The van der Waals surface area contributed by atoms with Gasteiger partial charge in [0, 0.05) is 22.7 Å². The molecule has 0 bridgehead atoms. The molecule has 2 aromatic heterocycles. The maximum atomic E-state index is 13.4. The molecule has 1 aliphatic heterocycles. The van der Waals surface area contributed by atoms with Crippen LogP contribution in [0.25, 0.3) is 22.1 Å². The van der Waals surface area contributed by atoms with Crippen molar-refractivity contribution in [3.8, 4) is 0 Å². The van der Waals surface area contributed by atoms with Gasteiger partial charge in [0.1, 0.15) is 11.1 Å². The number of hydrogen-bond acceptors (Lipinski definition) is 6. The van der Waals surface area contributed by atoms with E-state index in [4.69, 9.17) is 25.7 Å². The van der Waals surface area contributed by atoms with Crippen molar-refractivity contribution in [2.45, 2.75) is 37.6 Å². The molecular weight excluding hydrogens is 462 g/mol. The average Bonchev–Trinajstić information content (AvgIpc) is 3.46. The Bertz CT molecular complexity index is 1410. The third kappa shape index (κ3) is 4.38. The first kappa shape index (κ1) is 22.0. The number of fused-ring (bicyclic) bond motifs is 3. The summed E-state index contributed by atoms with van der Waals surface area (Å²) in [5.74, 6) is -0.119. The molecule has 4 aromatic rings. The van der Waals surface area contributed by atoms with Gasteiger partial charge in [0.2, 0.25) is 11.5 Å². The lowest BCUT2D eigenvalue weighted by Crippen LogP contribution is -2.29. The first-order valence-electron chi connectivity index (χ1n) is 10.7. The monoisotopic (exact) mass is 483 g/mol. The fourth-order valence-electron chi connectivity index (χ4n) is 3.98. The van der Waals surface area contributed by atoms with Gasteiger partial charge in [-0.25, -0.2) is 4.98 Å². The second-order valence-electron chi connectivity index (χ2n) is 7.97. The molecule has 1 aliphatic rings. The molecule has 170 valence electrons. The van der Waals surface area contributed by atoms with Crippen molar-refractivity contribution < 1.29 is 13.9 Å². The zero-order valence-corrected chi connectivity index (χ0v) is 19.5. The van der Waals surface area contributed by atoms with Crippen LogP contribution >= 0.6 is 23.4 Å². The number of thioether (sulfide) groups is 1.